The third-order valence-electron chi connectivity index (χ3n) is 2.94. The number of nitrogens with zero attached hydrogens (tertiary/aromatic N) is 1. The van der Waals surface area contributed by atoms with Crippen LogP contribution in [0.1, 0.15) is 19.8 Å². The number of ether oxygens (including phenoxy) is 1. The number of nitrogens with one attached hydrogen (secondary N) is 1. The van der Waals surface area contributed by atoms with Gasteiger partial charge in [0.2, 0.25) is 0 Å². The highest BCUT2D eigenvalue weighted by Gasteiger charge is 2.22. The molecule has 2 heterocycles. The molecular formula is C10H20N2O. The topological polar surface area (TPSA) is 24.5 Å². The van der Waals surface area contributed by atoms with Gasteiger partial charge in [-0.1, -0.05) is 0 Å². The van der Waals surface area contributed by atoms with Crippen LogP contribution in [-0.4, -0.2) is 49.8 Å². The van der Waals surface area contributed by atoms with Crippen LogP contribution in [0.4, 0.5) is 0 Å². The Morgan fingerprint density at radius 3 is 3.15 bits per heavy atom. The van der Waals surface area contributed by atoms with Gasteiger partial charge in [0.15, 0.2) is 0 Å². The molecule has 0 amide bonds. The van der Waals surface area contributed by atoms with Crippen LogP contribution in [-0.2, 0) is 4.74 Å². The molecule has 0 aromatic rings. The minimum Gasteiger partial charge on any atom is -0.377 e. The molecule has 2 rings (SSSR count). The van der Waals surface area contributed by atoms with Gasteiger partial charge in [0.05, 0.1) is 6.10 Å². The average Bonchev–Trinajstić information content (AvgIpc) is 2.57. The van der Waals surface area contributed by atoms with E-state index in [4.69, 9.17) is 4.74 Å². The molecular weight excluding hydrogens is 164 g/mol. The molecule has 2 aliphatic heterocycles. The molecule has 2 saturated heterocycles. The maximum Gasteiger partial charge on any atom is 0.0702 e. The van der Waals surface area contributed by atoms with Crippen LogP contribution in [0.2, 0.25) is 0 Å². The van der Waals surface area contributed by atoms with Crippen LogP contribution in [0.3, 0.4) is 0 Å². The first-order valence-corrected chi connectivity index (χ1v) is 5.42. The Labute approximate surface area is 80.4 Å². The van der Waals surface area contributed by atoms with Crippen molar-refractivity contribution in [2.75, 3.05) is 32.8 Å². The first-order valence-electron chi connectivity index (χ1n) is 5.42. The molecule has 2 atom stereocenters. The zero-order valence-corrected chi connectivity index (χ0v) is 8.46. The van der Waals surface area contributed by atoms with E-state index in [0.29, 0.717) is 12.1 Å². The molecule has 2 fully saturated rings. The van der Waals surface area contributed by atoms with Crippen molar-refractivity contribution in [1.82, 2.24) is 10.2 Å². The largest absolute Gasteiger partial charge is 0.377 e. The van der Waals surface area contributed by atoms with Crippen molar-refractivity contribution in [3.05, 3.63) is 0 Å². The van der Waals surface area contributed by atoms with Gasteiger partial charge in [-0.3, -0.25) is 4.90 Å². The highest BCUT2D eigenvalue weighted by molar-refractivity contribution is 4.78. The third-order valence-corrected chi connectivity index (χ3v) is 2.94. The lowest BCUT2D eigenvalue weighted by Crippen LogP contribution is -2.51. The Morgan fingerprint density at radius 1 is 1.54 bits per heavy atom. The molecule has 0 radical (unpaired) electrons. The van der Waals surface area contributed by atoms with E-state index in [1.807, 2.05) is 0 Å². The predicted molar refractivity (Wildman–Crippen MR) is 52.9 cm³/mol. The summed E-state index contributed by atoms with van der Waals surface area (Å²) in [6.07, 6.45) is 3.04. The molecule has 0 saturated carbocycles. The van der Waals surface area contributed by atoms with Gasteiger partial charge >= 0.3 is 0 Å². The van der Waals surface area contributed by atoms with E-state index < -0.39 is 0 Å². The van der Waals surface area contributed by atoms with Gasteiger partial charge in [-0.15, -0.1) is 0 Å². The highest BCUT2D eigenvalue weighted by atomic mass is 16.5. The number of piperazine rings is 1. The van der Waals surface area contributed by atoms with Crippen molar-refractivity contribution >= 4 is 0 Å². The van der Waals surface area contributed by atoms with Crippen molar-refractivity contribution in [1.29, 1.82) is 0 Å². The molecule has 0 spiro atoms. The van der Waals surface area contributed by atoms with Gasteiger partial charge in [0, 0.05) is 38.8 Å². The Bertz CT molecular complexity index is 157. The highest BCUT2D eigenvalue weighted by Crippen LogP contribution is 2.13. The van der Waals surface area contributed by atoms with Crippen molar-refractivity contribution in [2.24, 2.45) is 0 Å². The summed E-state index contributed by atoms with van der Waals surface area (Å²) >= 11 is 0. The quantitative estimate of drug-likeness (QED) is 0.675. The molecule has 1 N–H and O–H groups in total. The molecule has 3 nitrogen and oxygen atoms in total. The third kappa shape index (κ3) is 2.66. The molecule has 0 aromatic heterocycles. The van der Waals surface area contributed by atoms with Crippen LogP contribution in [0.15, 0.2) is 0 Å². The van der Waals surface area contributed by atoms with E-state index >= 15 is 0 Å². The molecule has 2 aliphatic rings. The van der Waals surface area contributed by atoms with Gasteiger partial charge in [-0.2, -0.15) is 0 Å². The lowest BCUT2D eigenvalue weighted by Gasteiger charge is -2.33. The number of hydrogen-bond acceptors (Lipinski definition) is 3. The van der Waals surface area contributed by atoms with Crippen molar-refractivity contribution in [3.8, 4) is 0 Å². The van der Waals surface area contributed by atoms with Gasteiger partial charge in [-0.05, 0) is 19.8 Å². The zero-order chi connectivity index (χ0) is 9.10. The van der Waals surface area contributed by atoms with Crippen LogP contribution in [0, 0.1) is 0 Å². The first-order chi connectivity index (χ1) is 6.34. The molecule has 2 unspecified atom stereocenters. The smallest absolute Gasteiger partial charge is 0.0702 e. The van der Waals surface area contributed by atoms with Crippen molar-refractivity contribution in [2.45, 2.75) is 31.9 Å². The van der Waals surface area contributed by atoms with Crippen LogP contribution >= 0.6 is 0 Å². The monoisotopic (exact) mass is 184 g/mol. The Hall–Kier alpha value is -0.120. The zero-order valence-electron chi connectivity index (χ0n) is 8.46. The molecule has 76 valence electrons. The summed E-state index contributed by atoms with van der Waals surface area (Å²) in [4.78, 5) is 2.52. The van der Waals surface area contributed by atoms with Gasteiger partial charge in [0.25, 0.3) is 0 Å². The maximum absolute atomic E-state index is 5.63. The lowest BCUT2D eigenvalue weighted by molar-refractivity contribution is 0.0638. The molecule has 0 bridgehead atoms. The van der Waals surface area contributed by atoms with E-state index in [0.717, 1.165) is 19.7 Å². The summed E-state index contributed by atoms with van der Waals surface area (Å²) in [5, 5.41) is 3.45. The molecule has 3 heteroatoms. The fourth-order valence-electron chi connectivity index (χ4n) is 2.25. The molecule has 0 aliphatic carbocycles. The van der Waals surface area contributed by atoms with E-state index in [-0.39, 0.29) is 0 Å². The SMILES string of the molecule is CC1CN(CC2CCCO2)CCN1. The van der Waals surface area contributed by atoms with E-state index in [1.165, 1.54) is 25.9 Å². The van der Waals surface area contributed by atoms with E-state index in [1.54, 1.807) is 0 Å². The van der Waals surface area contributed by atoms with Crippen LogP contribution < -0.4 is 5.32 Å². The minimum absolute atomic E-state index is 0.519. The summed E-state index contributed by atoms with van der Waals surface area (Å²) in [6, 6.07) is 0.648. The second-order valence-corrected chi connectivity index (χ2v) is 4.25. The maximum atomic E-state index is 5.63. The summed E-state index contributed by atoms with van der Waals surface area (Å²) in [6.45, 7) is 7.87. The summed E-state index contributed by atoms with van der Waals surface area (Å²) < 4.78 is 5.63. The lowest BCUT2D eigenvalue weighted by atomic mass is 10.2. The van der Waals surface area contributed by atoms with Crippen LogP contribution in [0.5, 0.6) is 0 Å². The van der Waals surface area contributed by atoms with Gasteiger partial charge < -0.3 is 10.1 Å². The van der Waals surface area contributed by atoms with Gasteiger partial charge in [-0.25, -0.2) is 0 Å². The summed E-state index contributed by atoms with van der Waals surface area (Å²) in [5.74, 6) is 0. The fourth-order valence-corrected chi connectivity index (χ4v) is 2.25. The Kier molecular flexibility index (Phi) is 3.19. The summed E-state index contributed by atoms with van der Waals surface area (Å²) in [7, 11) is 0. The standard InChI is InChI=1S/C10H20N2O/c1-9-7-12(5-4-11-9)8-10-3-2-6-13-10/h9-11H,2-8H2,1H3. The molecule has 0 aromatic carbocycles. The number of rotatable bonds is 2. The van der Waals surface area contributed by atoms with Crippen molar-refractivity contribution in [3.63, 3.8) is 0 Å². The number of hydrogen-bond donors (Lipinski definition) is 1. The Morgan fingerprint density at radius 2 is 2.46 bits per heavy atom. The fraction of sp³-hybridized carbons (Fsp3) is 1.00. The van der Waals surface area contributed by atoms with Crippen LogP contribution in [0.25, 0.3) is 0 Å². The molecule has 13 heavy (non-hydrogen) atoms. The van der Waals surface area contributed by atoms with Crippen molar-refractivity contribution < 1.29 is 4.74 Å². The van der Waals surface area contributed by atoms with E-state index in [9.17, 15) is 0 Å². The summed E-state index contributed by atoms with van der Waals surface area (Å²) in [5.41, 5.74) is 0. The van der Waals surface area contributed by atoms with Gasteiger partial charge in [0.1, 0.15) is 0 Å². The Balaban J connectivity index is 1.73. The first kappa shape index (κ1) is 9.44. The normalized spacial score (nSPS) is 36.7. The second kappa shape index (κ2) is 4.40. The second-order valence-electron chi connectivity index (χ2n) is 4.25. The predicted octanol–water partition coefficient (Wildman–Crippen LogP) is 0.459. The minimum atomic E-state index is 0.519. The average molecular weight is 184 g/mol. The van der Waals surface area contributed by atoms with E-state index in [2.05, 4.69) is 17.1 Å².